The van der Waals surface area contributed by atoms with E-state index in [0.29, 0.717) is 43.2 Å². The van der Waals surface area contributed by atoms with E-state index in [1.807, 2.05) is 18.2 Å². The number of aromatic nitrogens is 2. The lowest BCUT2D eigenvalue weighted by atomic mass is 10.2. The Bertz CT molecular complexity index is 1010. The summed E-state index contributed by atoms with van der Waals surface area (Å²) in [5, 5.41) is 2.89. The number of benzene rings is 1. The lowest BCUT2D eigenvalue weighted by molar-refractivity contribution is 0.0746. The zero-order valence-corrected chi connectivity index (χ0v) is 15.6. The van der Waals surface area contributed by atoms with Crippen LogP contribution in [0.15, 0.2) is 60.9 Å². The first kappa shape index (κ1) is 18.8. The zero-order valence-electron chi connectivity index (χ0n) is 15.6. The topological polar surface area (TPSA) is 61.4 Å². The Morgan fingerprint density at radius 2 is 1.72 bits per heavy atom. The van der Waals surface area contributed by atoms with Gasteiger partial charge in [0.05, 0.1) is 0 Å². The van der Waals surface area contributed by atoms with Gasteiger partial charge in [-0.05, 0) is 36.4 Å². The van der Waals surface area contributed by atoms with Crippen LogP contribution in [0.5, 0.6) is 0 Å². The van der Waals surface area contributed by atoms with E-state index in [1.54, 1.807) is 23.2 Å². The highest BCUT2D eigenvalue weighted by Crippen LogP contribution is 2.20. The van der Waals surface area contributed by atoms with Crippen molar-refractivity contribution >= 4 is 23.2 Å². The van der Waals surface area contributed by atoms with E-state index in [2.05, 4.69) is 20.2 Å². The van der Waals surface area contributed by atoms with Gasteiger partial charge in [-0.3, -0.25) is 4.79 Å². The minimum Gasteiger partial charge on any atom is -0.353 e. The van der Waals surface area contributed by atoms with E-state index in [-0.39, 0.29) is 5.91 Å². The predicted octanol–water partition coefficient (Wildman–Crippen LogP) is 3.46. The third-order valence-corrected chi connectivity index (χ3v) is 4.74. The van der Waals surface area contributed by atoms with E-state index < -0.39 is 11.6 Å². The molecule has 1 saturated heterocycles. The molecule has 3 aromatic rings. The number of piperazine rings is 1. The van der Waals surface area contributed by atoms with Crippen LogP contribution in [0.3, 0.4) is 0 Å². The van der Waals surface area contributed by atoms with Crippen molar-refractivity contribution in [3.05, 3.63) is 78.1 Å². The van der Waals surface area contributed by atoms with Gasteiger partial charge >= 0.3 is 0 Å². The van der Waals surface area contributed by atoms with Gasteiger partial charge in [0.2, 0.25) is 0 Å². The molecule has 0 bridgehead atoms. The van der Waals surface area contributed by atoms with Crippen molar-refractivity contribution in [3.63, 3.8) is 0 Å². The van der Waals surface area contributed by atoms with Crippen LogP contribution in [0, 0.1) is 11.6 Å². The lowest BCUT2D eigenvalue weighted by Crippen LogP contribution is -2.49. The lowest BCUT2D eigenvalue weighted by Gasteiger charge is -2.35. The molecule has 0 spiro atoms. The van der Waals surface area contributed by atoms with Gasteiger partial charge in [-0.25, -0.2) is 18.7 Å². The molecule has 0 aliphatic carbocycles. The average molecular weight is 395 g/mol. The summed E-state index contributed by atoms with van der Waals surface area (Å²) < 4.78 is 26.5. The summed E-state index contributed by atoms with van der Waals surface area (Å²) in [6.07, 6.45) is 3.27. The number of hydrogen-bond acceptors (Lipinski definition) is 5. The quantitative estimate of drug-likeness (QED) is 0.733. The summed E-state index contributed by atoms with van der Waals surface area (Å²) in [4.78, 5) is 25.3. The first-order valence-electron chi connectivity index (χ1n) is 9.23. The third kappa shape index (κ3) is 4.31. The zero-order chi connectivity index (χ0) is 20.2. The largest absolute Gasteiger partial charge is 0.353 e. The molecule has 29 heavy (non-hydrogen) atoms. The van der Waals surface area contributed by atoms with E-state index in [9.17, 15) is 13.6 Å². The van der Waals surface area contributed by atoms with Crippen LogP contribution in [0.1, 0.15) is 10.4 Å². The summed E-state index contributed by atoms with van der Waals surface area (Å²) >= 11 is 0. The Hall–Kier alpha value is -3.55. The Kier molecular flexibility index (Phi) is 5.33. The van der Waals surface area contributed by atoms with E-state index in [1.165, 1.54) is 12.3 Å². The fourth-order valence-corrected chi connectivity index (χ4v) is 3.22. The number of anilines is 3. The molecule has 1 aliphatic heterocycles. The third-order valence-electron chi connectivity index (χ3n) is 4.74. The Labute approximate surface area is 166 Å². The van der Waals surface area contributed by atoms with E-state index >= 15 is 0 Å². The first-order valence-corrected chi connectivity index (χ1v) is 9.23. The SMILES string of the molecule is O=C(c1ccnc(Nc2ccc(F)c(F)c2)c1)N1CCN(c2ccccn2)CC1. The fourth-order valence-electron chi connectivity index (χ4n) is 3.22. The molecule has 1 aliphatic rings. The normalized spacial score (nSPS) is 14.0. The second kappa shape index (κ2) is 8.22. The van der Waals surface area contributed by atoms with Gasteiger partial charge in [0.15, 0.2) is 11.6 Å². The average Bonchev–Trinajstić information content (AvgIpc) is 2.77. The Morgan fingerprint density at radius 3 is 2.45 bits per heavy atom. The number of carbonyl (C=O) groups is 1. The Morgan fingerprint density at radius 1 is 0.897 bits per heavy atom. The molecule has 1 N–H and O–H groups in total. The van der Waals surface area contributed by atoms with E-state index in [4.69, 9.17) is 0 Å². The number of hydrogen-bond donors (Lipinski definition) is 1. The van der Waals surface area contributed by atoms with Gasteiger partial charge in [-0.1, -0.05) is 6.07 Å². The van der Waals surface area contributed by atoms with Gasteiger partial charge in [-0.2, -0.15) is 0 Å². The maximum absolute atomic E-state index is 13.4. The summed E-state index contributed by atoms with van der Waals surface area (Å²) in [6, 6.07) is 12.5. The number of halogens is 2. The Balaban J connectivity index is 1.41. The molecule has 4 rings (SSSR count). The summed E-state index contributed by atoms with van der Waals surface area (Å²) in [5.41, 5.74) is 0.835. The van der Waals surface area contributed by atoms with Gasteiger partial charge < -0.3 is 15.1 Å². The minimum atomic E-state index is -0.951. The van der Waals surface area contributed by atoms with Crippen LogP contribution in [0.4, 0.5) is 26.1 Å². The van der Waals surface area contributed by atoms with Crippen molar-refractivity contribution in [3.8, 4) is 0 Å². The highest BCUT2D eigenvalue weighted by atomic mass is 19.2. The molecule has 2 aromatic heterocycles. The van der Waals surface area contributed by atoms with Crippen LogP contribution in [0.2, 0.25) is 0 Å². The molecule has 1 fully saturated rings. The number of carbonyl (C=O) groups excluding carboxylic acids is 1. The van der Waals surface area contributed by atoms with Gasteiger partial charge in [0.1, 0.15) is 11.6 Å². The molecular weight excluding hydrogens is 376 g/mol. The maximum atomic E-state index is 13.4. The van der Waals surface area contributed by atoms with Crippen molar-refractivity contribution in [2.24, 2.45) is 0 Å². The molecule has 0 atom stereocenters. The monoisotopic (exact) mass is 395 g/mol. The van der Waals surface area contributed by atoms with Crippen molar-refractivity contribution < 1.29 is 13.6 Å². The minimum absolute atomic E-state index is 0.0959. The molecular formula is C21H19F2N5O. The molecule has 8 heteroatoms. The van der Waals surface area contributed by atoms with Crippen molar-refractivity contribution in [1.82, 2.24) is 14.9 Å². The smallest absolute Gasteiger partial charge is 0.254 e. The number of nitrogens with zero attached hydrogens (tertiary/aromatic N) is 4. The van der Waals surface area contributed by atoms with E-state index in [0.717, 1.165) is 18.0 Å². The molecule has 0 saturated carbocycles. The molecule has 6 nitrogen and oxygen atoms in total. The summed E-state index contributed by atoms with van der Waals surface area (Å²) in [5.74, 6) is -0.679. The van der Waals surface area contributed by atoms with Crippen LogP contribution in [-0.2, 0) is 0 Å². The number of pyridine rings is 2. The van der Waals surface area contributed by atoms with Crippen molar-refractivity contribution in [2.45, 2.75) is 0 Å². The maximum Gasteiger partial charge on any atom is 0.254 e. The van der Waals surface area contributed by atoms with Crippen LogP contribution in [0.25, 0.3) is 0 Å². The summed E-state index contributed by atoms with van der Waals surface area (Å²) in [7, 11) is 0. The van der Waals surface area contributed by atoms with Crippen LogP contribution >= 0.6 is 0 Å². The first-order chi connectivity index (χ1) is 14.1. The van der Waals surface area contributed by atoms with Crippen molar-refractivity contribution in [1.29, 1.82) is 0 Å². The number of nitrogens with one attached hydrogen (secondary N) is 1. The molecule has 1 aromatic carbocycles. The highest BCUT2D eigenvalue weighted by Gasteiger charge is 2.23. The van der Waals surface area contributed by atoms with Crippen LogP contribution in [-0.4, -0.2) is 47.0 Å². The van der Waals surface area contributed by atoms with Gasteiger partial charge in [0.25, 0.3) is 5.91 Å². The molecule has 0 unspecified atom stereocenters. The second-order valence-electron chi connectivity index (χ2n) is 6.65. The number of amides is 1. The van der Waals surface area contributed by atoms with Crippen molar-refractivity contribution in [2.75, 3.05) is 36.4 Å². The summed E-state index contributed by atoms with van der Waals surface area (Å²) in [6.45, 7) is 2.58. The molecule has 1 amide bonds. The predicted molar refractivity (Wildman–Crippen MR) is 106 cm³/mol. The van der Waals surface area contributed by atoms with Crippen LogP contribution < -0.4 is 10.2 Å². The molecule has 148 valence electrons. The standard InChI is InChI=1S/C21H19F2N5O/c22-17-5-4-16(14-18(17)23)26-19-13-15(6-8-24-19)21(29)28-11-9-27(10-12-28)20-3-1-2-7-25-20/h1-8,13-14H,9-12H2,(H,24,26). The fraction of sp³-hybridized carbons (Fsp3) is 0.190. The van der Waals surface area contributed by atoms with Gasteiger partial charge in [-0.15, -0.1) is 0 Å². The number of rotatable bonds is 4. The molecule has 0 radical (unpaired) electrons. The molecule has 3 heterocycles. The second-order valence-corrected chi connectivity index (χ2v) is 6.65. The van der Waals surface area contributed by atoms with Gasteiger partial charge in [0, 0.05) is 55.9 Å². The highest BCUT2D eigenvalue weighted by molar-refractivity contribution is 5.95.